The van der Waals surface area contributed by atoms with Gasteiger partial charge >= 0.3 is 5.97 Å². The third-order valence-electron chi connectivity index (χ3n) is 2.95. The number of dihydropyridines is 1. The molecule has 0 spiro atoms. The number of hydrogen-bond donors (Lipinski definition) is 1. The van der Waals surface area contributed by atoms with E-state index in [0.29, 0.717) is 29.5 Å². The maximum atomic E-state index is 13.4. The van der Waals surface area contributed by atoms with E-state index in [-0.39, 0.29) is 18.2 Å². The number of allylic oxidation sites excluding steroid dienone is 1. The molecule has 23 heavy (non-hydrogen) atoms. The maximum absolute atomic E-state index is 13.4. The van der Waals surface area contributed by atoms with E-state index in [4.69, 9.17) is 25.8 Å². The van der Waals surface area contributed by atoms with Gasteiger partial charge < -0.3 is 19.5 Å². The van der Waals surface area contributed by atoms with E-state index < -0.39 is 11.8 Å². The minimum absolute atomic E-state index is 0.143. The van der Waals surface area contributed by atoms with Crippen LogP contribution in [-0.4, -0.2) is 25.7 Å². The van der Waals surface area contributed by atoms with Gasteiger partial charge in [-0.2, -0.15) is 0 Å². The van der Waals surface area contributed by atoms with E-state index >= 15 is 0 Å². The van der Waals surface area contributed by atoms with Crippen molar-refractivity contribution in [3.63, 3.8) is 0 Å². The van der Waals surface area contributed by atoms with Crippen molar-refractivity contribution in [2.24, 2.45) is 0 Å². The van der Waals surface area contributed by atoms with E-state index in [1.807, 2.05) is 6.08 Å². The Labute approximate surface area is 138 Å². The molecule has 1 aliphatic rings. The summed E-state index contributed by atoms with van der Waals surface area (Å²) in [5.74, 6) is 0.0389. The molecule has 0 aliphatic carbocycles. The van der Waals surface area contributed by atoms with E-state index in [9.17, 15) is 9.18 Å². The molecule has 7 heteroatoms. The van der Waals surface area contributed by atoms with Crippen LogP contribution in [0.4, 0.5) is 4.39 Å². The van der Waals surface area contributed by atoms with E-state index in [1.165, 1.54) is 12.1 Å². The Hall–Kier alpha value is -2.21. The second-order valence-electron chi connectivity index (χ2n) is 4.70. The number of benzene rings is 1. The molecule has 0 radical (unpaired) electrons. The van der Waals surface area contributed by atoms with Crippen LogP contribution in [-0.2, 0) is 14.3 Å². The molecule has 0 saturated heterocycles. The summed E-state index contributed by atoms with van der Waals surface area (Å²) in [6, 6.07) is 2.68. The van der Waals surface area contributed by atoms with Crippen LogP contribution in [0.25, 0.3) is 0 Å². The molecule has 0 bridgehead atoms. The van der Waals surface area contributed by atoms with Gasteiger partial charge in [0.15, 0.2) is 12.4 Å². The Morgan fingerprint density at radius 3 is 2.96 bits per heavy atom. The second-order valence-corrected chi connectivity index (χ2v) is 5.11. The molecule has 2 rings (SSSR count). The molecule has 5 nitrogen and oxygen atoms in total. The van der Waals surface area contributed by atoms with E-state index in [2.05, 4.69) is 5.32 Å². The summed E-state index contributed by atoms with van der Waals surface area (Å²) in [6.07, 6.45) is 3.50. The number of carbonyl (C=O) groups excluding carboxylic acids is 1. The Bertz CT molecular complexity index is 658. The Morgan fingerprint density at radius 2 is 2.22 bits per heavy atom. The van der Waals surface area contributed by atoms with Gasteiger partial charge in [0.1, 0.15) is 11.6 Å². The Balaban J connectivity index is 2.15. The number of carbonyl (C=O) groups is 1. The van der Waals surface area contributed by atoms with Crippen molar-refractivity contribution in [1.82, 2.24) is 5.32 Å². The fourth-order valence-corrected chi connectivity index (χ4v) is 2.03. The molecular formula is C16H17ClFNO4. The van der Waals surface area contributed by atoms with Crippen LogP contribution in [0.3, 0.4) is 0 Å². The normalized spacial score (nSPS) is 13.6. The quantitative estimate of drug-likeness (QED) is 0.806. The lowest BCUT2D eigenvalue weighted by Crippen LogP contribution is -2.25. The average molecular weight is 342 g/mol. The van der Waals surface area contributed by atoms with Crippen molar-refractivity contribution in [3.8, 4) is 5.75 Å². The Kier molecular flexibility index (Phi) is 5.87. The predicted octanol–water partition coefficient (Wildman–Crippen LogP) is 3.07. The third kappa shape index (κ3) is 4.63. The summed E-state index contributed by atoms with van der Waals surface area (Å²) in [5, 5.41) is 3.10. The topological polar surface area (TPSA) is 56.8 Å². The van der Waals surface area contributed by atoms with Crippen LogP contribution in [0.1, 0.15) is 12.5 Å². The molecule has 124 valence electrons. The molecule has 1 aromatic rings. The summed E-state index contributed by atoms with van der Waals surface area (Å²) in [5.41, 5.74) is 0.409. The first-order chi connectivity index (χ1) is 11.0. The molecule has 0 saturated carbocycles. The minimum Gasteiger partial charge on any atom is -0.465 e. The number of ether oxygens (including phenoxy) is 3. The molecular weight excluding hydrogens is 325 g/mol. The van der Waals surface area contributed by atoms with Crippen molar-refractivity contribution >= 4 is 17.6 Å². The van der Waals surface area contributed by atoms with Gasteiger partial charge in [-0.05, 0) is 37.6 Å². The zero-order valence-corrected chi connectivity index (χ0v) is 13.6. The summed E-state index contributed by atoms with van der Waals surface area (Å²) < 4.78 is 29.3. The van der Waals surface area contributed by atoms with Crippen molar-refractivity contribution in [1.29, 1.82) is 0 Å². The number of esters is 1. The summed E-state index contributed by atoms with van der Waals surface area (Å²) >= 11 is 5.99. The van der Waals surface area contributed by atoms with Crippen LogP contribution in [0.15, 0.2) is 35.9 Å². The molecule has 1 N–H and O–H groups in total. The molecule has 0 amide bonds. The first-order valence-electron chi connectivity index (χ1n) is 7.08. The van der Waals surface area contributed by atoms with Gasteiger partial charge in [0.25, 0.3) is 0 Å². The fourth-order valence-electron chi connectivity index (χ4n) is 1.84. The monoisotopic (exact) mass is 341 g/mol. The number of nitrogens with one attached hydrogen (secondary N) is 1. The lowest BCUT2D eigenvalue weighted by molar-refractivity contribution is -0.147. The highest BCUT2D eigenvalue weighted by Crippen LogP contribution is 2.30. The van der Waals surface area contributed by atoms with Crippen LogP contribution < -0.4 is 10.1 Å². The molecule has 0 fully saturated rings. The summed E-state index contributed by atoms with van der Waals surface area (Å²) in [7, 11) is 0. The highest BCUT2D eigenvalue weighted by Gasteiger charge is 2.16. The molecule has 0 atom stereocenters. The van der Waals surface area contributed by atoms with Gasteiger partial charge in [-0.25, -0.2) is 9.18 Å². The minimum atomic E-state index is -0.480. The highest BCUT2D eigenvalue weighted by atomic mass is 35.5. The van der Waals surface area contributed by atoms with Crippen LogP contribution >= 0.6 is 11.6 Å². The molecule has 1 aromatic carbocycles. The summed E-state index contributed by atoms with van der Waals surface area (Å²) in [4.78, 5) is 11.4. The molecule has 1 aliphatic heterocycles. The van der Waals surface area contributed by atoms with Crippen molar-refractivity contribution in [2.75, 3.05) is 19.8 Å². The number of halogens is 2. The SMILES string of the molecule is CCOC(=O)COC1=C(Oc2cc(C)c(F)cc2Cl)C=CCN1. The lowest BCUT2D eigenvalue weighted by atomic mass is 10.2. The maximum Gasteiger partial charge on any atom is 0.344 e. The molecule has 0 aromatic heterocycles. The zero-order valence-electron chi connectivity index (χ0n) is 12.8. The van der Waals surface area contributed by atoms with Gasteiger partial charge in [0, 0.05) is 6.54 Å². The van der Waals surface area contributed by atoms with Crippen molar-refractivity contribution in [3.05, 3.63) is 52.3 Å². The van der Waals surface area contributed by atoms with E-state index in [0.717, 1.165) is 0 Å². The predicted molar refractivity (Wildman–Crippen MR) is 83.5 cm³/mol. The van der Waals surface area contributed by atoms with Gasteiger partial charge in [0.2, 0.25) is 5.88 Å². The van der Waals surface area contributed by atoms with Crippen LogP contribution in [0.2, 0.25) is 5.02 Å². The largest absolute Gasteiger partial charge is 0.465 e. The van der Waals surface area contributed by atoms with Crippen LogP contribution in [0.5, 0.6) is 5.75 Å². The van der Waals surface area contributed by atoms with Gasteiger partial charge in [-0.1, -0.05) is 17.7 Å². The highest BCUT2D eigenvalue weighted by molar-refractivity contribution is 6.32. The standard InChI is InChI=1S/C16H17ClFNO4/c1-3-21-15(20)9-22-16-13(5-4-6-19-16)23-14-7-10(2)12(18)8-11(14)17/h4-5,7-8,19H,3,6,9H2,1-2H3. The fraction of sp³-hybridized carbons (Fsp3) is 0.312. The van der Waals surface area contributed by atoms with E-state index in [1.54, 1.807) is 19.9 Å². The second kappa shape index (κ2) is 7.87. The van der Waals surface area contributed by atoms with Crippen LogP contribution in [0, 0.1) is 12.7 Å². The number of rotatable bonds is 6. The first kappa shape index (κ1) is 17.1. The lowest BCUT2D eigenvalue weighted by Gasteiger charge is -2.19. The third-order valence-corrected chi connectivity index (χ3v) is 3.24. The Morgan fingerprint density at radius 1 is 1.43 bits per heavy atom. The van der Waals surface area contributed by atoms with Gasteiger partial charge in [-0.3, -0.25) is 0 Å². The molecule has 1 heterocycles. The van der Waals surface area contributed by atoms with Gasteiger partial charge in [0.05, 0.1) is 11.6 Å². The van der Waals surface area contributed by atoms with Gasteiger partial charge in [-0.15, -0.1) is 0 Å². The zero-order chi connectivity index (χ0) is 16.8. The average Bonchev–Trinajstić information content (AvgIpc) is 2.52. The smallest absolute Gasteiger partial charge is 0.344 e. The van der Waals surface area contributed by atoms with Crippen molar-refractivity contribution in [2.45, 2.75) is 13.8 Å². The molecule has 0 unspecified atom stereocenters. The summed E-state index contributed by atoms with van der Waals surface area (Å²) in [6.45, 7) is 3.89. The first-order valence-corrected chi connectivity index (χ1v) is 7.45. The van der Waals surface area contributed by atoms with Crippen molar-refractivity contribution < 1.29 is 23.4 Å². The number of hydrogen-bond acceptors (Lipinski definition) is 5. The number of aryl methyl sites for hydroxylation is 1.